The number of carbonyl (C=O) groups is 1. The van der Waals surface area contributed by atoms with Crippen molar-refractivity contribution in [2.45, 2.75) is 51.8 Å². The highest BCUT2D eigenvalue weighted by Gasteiger charge is 2.33. The number of alkyl halides is 3. The van der Waals surface area contributed by atoms with E-state index in [0.717, 1.165) is 12.1 Å². The molecule has 3 rings (SSSR count). The van der Waals surface area contributed by atoms with Gasteiger partial charge < -0.3 is 19.4 Å². The Kier molecular flexibility index (Phi) is 7.14. The topological polar surface area (TPSA) is 80.5 Å². The highest BCUT2D eigenvalue weighted by molar-refractivity contribution is 5.76. The van der Waals surface area contributed by atoms with Gasteiger partial charge in [-0.1, -0.05) is 12.1 Å². The first-order valence-corrected chi connectivity index (χ1v) is 11.0. The van der Waals surface area contributed by atoms with E-state index >= 15 is 0 Å². The monoisotopic (exact) mass is 490 g/mol. The van der Waals surface area contributed by atoms with Crippen molar-refractivity contribution >= 4 is 17.5 Å². The fraction of sp³-hybridized carbons (Fsp3) is 0.400. The van der Waals surface area contributed by atoms with Gasteiger partial charge in [0.15, 0.2) is 0 Å². The molecule has 0 aliphatic heterocycles. The third-order valence-corrected chi connectivity index (χ3v) is 4.99. The number of aromatic nitrogens is 2. The van der Waals surface area contributed by atoms with Crippen LogP contribution in [0, 0.1) is 0 Å². The van der Waals surface area contributed by atoms with E-state index in [1.165, 1.54) is 17.0 Å². The Bertz CT molecular complexity index is 1170. The Morgan fingerprint density at radius 1 is 1.00 bits per heavy atom. The molecule has 2 aromatic carbocycles. The van der Waals surface area contributed by atoms with Crippen molar-refractivity contribution < 1.29 is 27.1 Å². The van der Waals surface area contributed by atoms with Crippen molar-refractivity contribution in [1.82, 2.24) is 15.1 Å². The molecule has 0 fully saturated rings. The Morgan fingerprint density at radius 3 is 2.23 bits per heavy atom. The lowest BCUT2D eigenvalue weighted by atomic mass is 9.93. The van der Waals surface area contributed by atoms with Crippen molar-refractivity contribution in [2.75, 3.05) is 18.9 Å². The van der Waals surface area contributed by atoms with E-state index < -0.39 is 28.8 Å². The second-order valence-corrected chi connectivity index (χ2v) is 9.88. The number of hydrogen-bond donors (Lipinski definition) is 1. The third kappa shape index (κ3) is 6.74. The molecule has 35 heavy (non-hydrogen) atoms. The molecule has 0 aliphatic carbocycles. The Labute approximate surface area is 202 Å². The zero-order valence-corrected chi connectivity index (χ0v) is 20.5. The maximum Gasteiger partial charge on any atom is 0.416 e. The lowest BCUT2D eigenvalue weighted by molar-refractivity contribution is -0.137. The van der Waals surface area contributed by atoms with Crippen LogP contribution in [0.5, 0.6) is 0 Å². The van der Waals surface area contributed by atoms with Gasteiger partial charge in [-0.2, -0.15) is 13.2 Å². The second kappa shape index (κ2) is 9.59. The summed E-state index contributed by atoms with van der Waals surface area (Å²) in [5.74, 6) is 0.565. The Morgan fingerprint density at radius 2 is 1.63 bits per heavy atom. The molecule has 1 amide bonds. The third-order valence-electron chi connectivity index (χ3n) is 4.99. The molecule has 0 aliphatic rings. The molecule has 0 bridgehead atoms. The minimum atomic E-state index is -4.40. The van der Waals surface area contributed by atoms with Gasteiger partial charge in [-0.3, -0.25) is 0 Å². The number of halogens is 3. The SMILES string of the molecule is CN(CC(C)(C)c1nnc(-c2ccccc2Nc2ccc(C(F)(F)F)cc2)o1)C(=O)OC(C)(C)C. The first-order chi connectivity index (χ1) is 16.2. The van der Waals surface area contributed by atoms with Gasteiger partial charge >= 0.3 is 12.3 Å². The predicted octanol–water partition coefficient (Wildman–Crippen LogP) is 6.64. The summed E-state index contributed by atoms with van der Waals surface area (Å²) in [5.41, 5.74) is -0.363. The number of likely N-dealkylation sites (N-methyl/N-ethyl adjacent to an activating group) is 1. The lowest BCUT2D eigenvalue weighted by Crippen LogP contribution is -2.41. The number of carbonyl (C=O) groups excluding carboxylic acids is 1. The molecule has 1 heterocycles. The van der Waals surface area contributed by atoms with Gasteiger partial charge in [-0.05, 0) is 71.0 Å². The van der Waals surface area contributed by atoms with Crippen molar-refractivity contribution in [3.05, 3.63) is 60.0 Å². The molecule has 188 valence electrons. The first kappa shape index (κ1) is 26.1. The van der Waals surface area contributed by atoms with Crippen LogP contribution >= 0.6 is 0 Å². The van der Waals surface area contributed by atoms with Gasteiger partial charge in [0.2, 0.25) is 11.8 Å². The summed E-state index contributed by atoms with van der Waals surface area (Å²) in [5, 5.41) is 11.5. The molecular formula is C25H29F3N4O3. The molecule has 7 nitrogen and oxygen atoms in total. The second-order valence-electron chi connectivity index (χ2n) is 9.88. The molecule has 1 N–H and O–H groups in total. The predicted molar refractivity (Wildman–Crippen MR) is 126 cm³/mol. The average Bonchev–Trinajstić information content (AvgIpc) is 3.23. The quantitative estimate of drug-likeness (QED) is 0.417. The van der Waals surface area contributed by atoms with Crippen LogP contribution in [0.3, 0.4) is 0 Å². The van der Waals surface area contributed by atoms with E-state index in [9.17, 15) is 18.0 Å². The summed E-state index contributed by atoms with van der Waals surface area (Å²) >= 11 is 0. The average molecular weight is 491 g/mol. The van der Waals surface area contributed by atoms with E-state index in [4.69, 9.17) is 9.15 Å². The fourth-order valence-electron chi connectivity index (χ4n) is 3.35. The maximum atomic E-state index is 12.8. The first-order valence-electron chi connectivity index (χ1n) is 11.0. The number of rotatable bonds is 6. The van der Waals surface area contributed by atoms with Crippen LogP contribution in [0.25, 0.3) is 11.5 Å². The highest BCUT2D eigenvalue weighted by Crippen LogP contribution is 2.34. The van der Waals surface area contributed by atoms with Crippen molar-refractivity contribution in [3.63, 3.8) is 0 Å². The van der Waals surface area contributed by atoms with E-state index in [0.29, 0.717) is 22.8 Å². The van der Waals surface area contributed by atoms with Gasteiger partial charge in [0, 0.05) is 19.3 Å². The highest BCUT2D eigenvalue weighted by atomic mass is 19.4. The molecule has 0 atom stereocenters. The number of nitrogens with one attached hydrogen (secondary N) is 1. The molecule has 1 aromatic heterocycles. The summed E-state index contributed by atoms with van der Waals surface area (Å²) in [4.78, 5) is 13.8. The van der Waals surface area contributed by atoms with Gasteiger partial charge in [0.05, 0.1) is 22.2 Å². The standard InChI is InChI=1S/C25H29F3N4O3/c1-23(2,3)35-22(33)32(6)15-24(4,5)21-31-30-20(34-21)18-9-7-8-10-19(18)29-17-13-11-16(12-14-17)25(26,27)28/h7-14,29H,15H2,1-6H3. The zero-order chi connectivity index (χ0) is 26.0. The largest absolute Gasteiger partial charge is 0.444 e. The summed E-state index contributed by atoms with van der Waals surface area (Å²) in [6.07, 6.45) is -4.86. The Balaban J connectivity index is 1.79. The fourth-order valence-corrected chi connectivity index (χ4v) is 3.35. The number of nitrogens with zero attached hydrogens (tertiary/aromatic N) is 3. The number of benzene rings is 2. The van der Waals surface area contributed by atoms with Gasteiger partial charge in [0.25, 0.3) is 0 Å². The summed E-state index contributed by atoms with van der Waals surface area (Å²) < 4.78 is 49.9. The van der Waals surface area contributed by atoms with Crippen LogP contribution in [0.15, 0.2) is 52.9 Å². The summed E-state index contributed by atoms with van der Waals surface area (Å²) in [6.45, 7) is 9.41. The van der Waals surface area contributed by atoms with E-state index in [2.05, 4.69) is 15.5 Å². The van der Waals surface area contributed by atoms with E-state index in [-0.39, 0.29) is 12.4 Å². The van der Waals surface area contributed by atoms with E-state index in [1.54, 1.807) is 52.1 Å². The summed E-state index contributed by atoms with van der Waals surface area (Å²) in [6, 6.07) is 11.8. The zero-order valence-electron chi connectivity index (χ0n) is 20.5. The van der Waals surface area contributed by atoms with Crippen LogP contribution in [-0.2, 0) is 16.3 Å². The normalized spacial score (nSPS) is 12.4. The lowest BCUT2D eigenvalue weighted by Gasteiger charge is -2.29. The molecule has 0 radical (unpaired) electrons. The van der Waals surface area contributed by atoms with Crippen molar-refractivity contribution in [3.8, 4) is 11.5 Å². The summed E-state index contributed by atoms with van der Waals surface area (Å²) in [7, 11) is 1.64. The minimum absolute atomic E-state index is 0.239. The number of ether oxygens (including phenoxy) is 1. The van der Waals surface area contributed by atoms with Gasteiger partial charge in [-0.25, -0.2) is 4.79 Å². The van der Waals surface area contributed by atoms with Crippen molar-refractivity contribution in [2.24, 2.45) is 0 Å². The number of hydrogen-bond acceptors (Lipinski definition) is 6. The molecule has 10 heteroatoms. The van der Waals surface area contributed by atoms with Gasteiger partial charge in [0.1, 0.15) is 5.60 Å². The van der Waals surface area contributed by atoms with Crippen molar-refractivity contribution in [1.29, 1.82) is 0 Å². The number of anilines is 2. The van der Waals surface area contributed by atoms with Crippen LogP contribution in [0.1, 0.15) is 46.1 Å². The molecule has 0 saturated heterocycles. The number of amides is 1. The van der Waals surface area contributed by atoms with Crippen LogP contribution in [0.2, 0.25) is 0 Å². The van der Waals surface area contributed by atoms with E-state index in [1.807, 2.05) is 13.8 Å². The minimum Gasteiger partial charge on any atom is -0.444 e. The van der Waals surface area contributed by atoms with Crippen LogP contribution in [-0.4, -0.2) is 40.4 Å². The van der Waals surface area contributed by atoms with Crippen LogP contribution in [0.4, 0.5) is 29.3 Å². The molecule has 0 spiro atoms. The molecule has 0 saturated carbocycles. The smallest absolute Gasteiger partial charge is 0.416 e. The molecule has 3 aromatic rings. The molecular weight excluding hydrogens is 461 g/mol. The maximum absolute atomic E-state index is 12.8. The Hall–Kier alpha value is -3.56. The number of para-hydroxylation sites is 1. The van der Waals surface area contributed by atoms with Crippen LogP contribution < -0.4 is 5.32 Å². The molecule has 0 unspecified atom stereocenters. The van der Waals surface area contributed by atoms with Gasteiger partial charge in [-0.15, -0.1) is 10.2 Å².